The highest BCUT2D eigenvalue weighted by Gasteiger charge is 2.30. The fourth-order valence-electron chi connectivity index (χ4n) is 3.16. The van der Waals surface area contributed by atoms with Gasteiger partial charge >= 0.3 is 0 Å². The summed E-state index contributed by atoms with van der Waals surface area (Å²) in [5.41, 5.74) is 3.33. The molecule has 1 saturated heterocycles. The van der Waals surface area contributed by atoms with E-state index in [4.69, 9.17) is 9.26 Å². The molecule has 0 aromatic carbocycles. The minimum Gasteiger partial charge on any atom is -0.381 e. The standard InChI is InChI=1S/C17H27N5O2/c1-10(2)16-19-17(24-22-16)15(13-5-7-23-8-6-13)18-9-14-11(3)20-21-12(14)4/h10,13,15,18H,5-9H2,1-4H3,(H,20,21). The third kappa shape index (κ3) is 3.67. The zero-order chi connectivity index (χ0) is 17.1. The number of H-pyrrole nitrogens is 1. The van der Waals surface area contributed by atoms with E-state index in [0.717, 1.165) is 49.8 Å². The van der Waals surface area contributed by atoms with Crippen LogP contribution in [-0.4, -0.2) is 33.6 Å². The number of aromatic nitrogens is 4. The van der Waals surface area contributed by atoms with Gasteiger partial charge in [-0.25, -0.2) is 0 Å². The van der Waals surface area contributed by atoms with Crippen LogP contribution in [0, 0.1) is 19.8 Å². The summed E-state index contributed by atoms with van der Waals surface area (Å²) in [6, 6.07) is 0.0441. The smallest absolute Gasteiger partial charge is 0.244 e. The van der Waals surface area contributed by atoms with E-state index in [1.54, 1.807) is 0 Å². The summed E-state index contributed by atoms with van der Waals surface area (Å²) < 4.78 is 11.1. The van der Waals surface area contributed by atoms with E-state index in [1.807, 2.05) is 13.8 Å². The summed E-state index contributed by atoms with van der Waals surface area (Å²) in [5.74, 6) is 2.15. The van der Waals surface area contributed by atoms with E-state index in [2.05, 4.69) is 39.5 Å². The van der Waals surface area contributed by atoms with Gasteiger partial charge in [-0.3, -0.25) is 5.10 Å². The number of hydrogen-bond acceptors (Lipinski definition) is 6. The molecule has 3 rings (SSSR count). The van der Waals surface area contributed by atoms with Crippen LogP contribution in [-0.2, 0) is 11.3 Å². The summed E-state index contributed by atoms with van der Waals surface area (Å²) in [5, 5.41) is 15.1. The first-order valence-corrected chi connectivity index (χ1v) is 8.71. The highest BCUT2D eigenvalue weighted by atomic mass is 16.5. The summed E-state index contributed by atoms with van der Waals surface area (Å²) in [4.78, 5) is 4.63. The molecule has 0 radical (unpaired) electrons. The van der Waals surface area contributed by atoms with E-state index in [0.29, 0.717) is 11.8 Å². The van der Waals surface area contributed by atoms with E-state index in [-0.39, 0.29) is 12.0 Å². The van der Waals surface area contributed by atoms with Gasteiger partial charge in [0.1, 0.15) is 0 Å². The molecule has 0 saturated carbocycles. The largest absolute Gasteiger partial charge is 0.381 e. The fourth-order valence-corrected chi connectivity index (χ4v) is 3.16. The Kier molecular flexibility index (Phi) is 5.30. The second-order valence-corrected chi connectivity index (χ2v) is 6.87. The predicted molar refractivity (Wildman–Crippen MR) is 89.6 cm³/mol. The Bertz CT molecular complexity index is 638. The minimum absolute atomic E-state index is 0.0441. The molecular formula is C17H27N5O2. The molecule has 132 valence electrons. The zero-order valence-electron chi connectivity index (χ0n) is 14.9. The number of aromatic amines is 1. The van der Waals surface area contributed by atoms with E-state index in [1.165, 1.54) is 5.56 Å². The molecule has 0 amide bonds. The average Bonchev–Trinajstić information content (AvgIpc) is 3.18. The van der Waals surface area contributed by atoms with Crippen LogP contribution in [0.5, 0.6) is 0 Å². The molecule has 7 nitrogen and oxygen atoms in total. The maximum atomic E-state index is 5.58. The zero-order valence-corrected chi connectivity index (χ0v) is 14.9. The quantitative estimate of drug-likeness (QED) is 0.845. The lowest BCUT2D eigenvalue weighted by molar-refractivity contribution is 0.0485. The van der Waals surface area contributed by atoms with Crippen molar-refractivity contribution in [3.8, 4) is 0 Å². The molecule has 2 aromatic rings. The first-order chi connectivity index (χ1) is 11.6. The number of nitrogens with one attached hydrogen (secondary N) is 2. The van der Waals surface area contributed by atoms with Crippen molar-refractivity contribution in [1.29, 1.82) is 0 Å². The topological polar surface area (TPSA) is 88.9 Å². The SMILES string of the molecule is Cc1n[nH]c(C)c1CNC(c1nc(C(C)C)no1)C1CCOCC1. The van der Waals surface area contributed by atoms with E-state index < -0.39 is 0 Å². The third-order valence-corrected chi connectivity index (χ3v) is 4.76. The van der Waals surface area contributed by atoms with Gasteiger partial charge in [0, 0.05) is 36.9 Å². The Morgan fingerprint density at radius 1 is 1.25 bits per heavy atom. The highest BCUT2D eigenvalue weighted by molar-refractivity contribution is 5.23. The third-order valence-electron chi connectivity index (χ3n) is 4.76. The average molecular weight is 333 g/mol. The maximum absolute atomic E-state index is 5.58. The van der Waals surface area contributed by atoms with Gasteiger partial charge < -0.3 is 14.6 Å². The second-order valence-electron chi connectivity index (χ2n) is 6.87. The Hall–Kier alpha value is -1.73. The van der Waals surface area contributed by atoms with Crippen LogP contribution >= 0.6 is 0 Å². The summed E-state index contributed by atoms with van der Waals surface area (Å²) in [6.07, 6.45) is 2.00. The lowest BCUT2D eigenvalue weighted by Gasteiger charge is -2.28. The number of ether oxygens (including phenoxy) is 1. The summed E-state index contributed by atoms with van der Waals surface area (Å²) in [7, 11) is 0. The molecule has 0 bridgehead atoms. The Morgan fingerprint density at radius 3 is 2.58 bits per heavy atom. The van der Waals surface area contributed by atoms with Crippen molar-refractivity contribution < 1.29 is 9.26 Å². The van der Waals surface area contributed by atoms with Crippen molar-refractivity contribution in [2.45, 2.75) is 59.0 Å². The normalized spacial score (nSPS) is 17.5. The molecular weight excluding hydrogens is 306 g/mol. The van der Waals surface area contributed by atoms with Crippen LogP contribution in [0.2, 0.25) is 0 Å². The van der Waals surface area contributed by atoms with Crippen LogP contribution in [0.25, 0.3) is 0 Å². The number of nitrogens with zero attached hydrogens (tertiary/aromatic N) is 3. The molecule has 1 aliphatic rings. The first-order valence-electron chi connectivity index (χ1n) is 8.71. The predicted octanol–water partition coefficient (Wildman–Crippen LogP) is 2.79. The van der Waals surface area contributed by atoms with Gasteiger partial charge in [-0.1, -0.05) is 19.0 Å². The number of hydrogen-bond donors (Lipinski definition) is 2. The molecule has 24 heavy (non-hydrogen) atoms. The molecule has 1 unspecified atom stereocenters. The molecule has 1 atom stereocenters. The Morgan fingerprint density at radius 2 is 2.00 bits per heavy atom. The molecule has 1 aliphatic heterocycles. The van der Waals surface area contributed by atoms with Gasteiger partial charge in [-0.15, -0.1) is 0 Å². The molecule has 3 heterocycles. The highest BCUT2D eigenvalue weighted by Crippen LogP contribution is 2.30. The van der Waals surface area contributed by atoms with Gasteiger partial charge in [-0.2, -0.15) is 10.1 Å². The lowest BCUT2D eigenvalue weighted by Crippen LogP contribution is -2.32. The second kappa shape index (κ2) is 7.44. The van der Waals surface area contributed by atoms with Crippen LogP contribution in [0.15, 0.2) is 4.52 Å². The lowest BCUT2D eigenvalue weighted by atomic mass is 9.91. The monoisotopic (exact) mass is 333 g/mol. The van der Waals surface area contributed by atoms with Gasteiger partial charge in [0.05, 0.1) is 11.7 Å². The molecule has 0 aliphatic carbocycles. The van der Waals surface area contributed by atoms with Crippen molar-refractivity contribution in [1.82, 2.24) is 25.7 Å². The maximum Gasteiger partial charge on any atom is 0.244 e. The van der Waals surface area contributed by atoms with Gasteiger partial charge in [0.2, 0.25) is 5.89 Å². The van der Waals surface area contributed by atoms with Crippen LogP contribution in [0.3, 0.4) is 0 Å². The molecule has 0 spiro atoms. The molecule has 1 fully saturated rings. The van der Waals surface area contributed by atoms with E-state index in [9.17, 15) is 0 Å². The Labute approximate surface area is 142 Å². The number of aryl methyl sites for hydroxylation is 2. The molecule has 2 N–H and O–H groups in total. The Balaban J connectivity index is 1.78. The van der Waals surface area contributed by atoms with Crippen molar-refractivity contribution in [3.63, 3.8) is 0 Å². The van der Waals surface area contributed by atoms with Gasteiger partial charge in [0.15, 0.2) is 5.82 Å². The van der Waals surface area contributed by atoms with Gasteiger partial charge in [-0.05, 0) is 32.6 Å². The van der Waals surface area contributed by atoms with Crippen molar-refractivity contribution in [2.75, 3.05) is 13.2 Å². The summed E-state index contributed by atoms with van der Waals surface area (Å²) in [6.45, 7) is 10.5. The van der Waals surface area contributed by atoms with Crippen LogP contribution in [0.1, 0.15) is 67.3 Å². The molecule has 7 heteroatoms. The van der Waals surface area contributed by atoms with Crippen LogP contribution in [0.4, 0.5) is 0 Å². The molecule has 2 aromatic heterocycles. The van der Waals surface area contributed by atoms with Crippen molar-refractivity contribution in [3.05, 3.63) is 28.7 Å². The fraction of sp³-hybridized carbons (Fsp3) is 0.706. The van der Waals surface area contributed by atoms with Crippen molar-refractivity contribution in [2.24, 2.45) is 5.92 Å². The first kappa shape index (κ1) is 17.1. The van der Waals surface area contributed by atoms with Crippen molar-refractivity contribution >= 4 is 0 Å². The number of rotatable bonds is 6. The summed E-state index contributed by atoms with van der Waals surface area (Å²) >= 11 is 0. The van der Waals surface area contributed by atoms with E-state index >= 15 is 0 Å². The minimum atomic E-state index is 0.0441. The van der Waals surface area contributed by atoms with Crippen LogP contribution < -0.4 is 5.32 Å². The van der Waals surface area contributed by atoms with Gasteiger partial charge in [0.25, 0.3) is 0 Å².